The van der Waals surface area contributed by atoms with Gasteiger partial charge in [0.2, 0.25) is 0 Å². The van der Waals surface area contributed by atoms with E-state index >= 15 is 0 Å². The molecule has 17 nitrogen and oxygen atoms in total. The average molecular weight is 1580 g/mol. The van der Waals surface area contributed by atoms with E-state index in [0.29, 0.717) is 25.7 Å². The fourth-order valence-corrected chi connectivity index (χ4v) is 15.6. The summed E-state index contributed by atoms with van der Waals surface area (Å²) in [6.45, 7) is 7.42. The van der Waals surface area contributed by atoms with Gasteiger partial charge in [-0.1, -0.05) is 433 Å². The largest absolute Gasteiger partial charge is 0.472 e. The van der Waals surface area contributed by atoms with Crippen LogP contribution in [-0.4, -0.2) is 96.7 Å². The minimum absolute atomic E-state index is 0.109. The van der Waals surface area contributed by atoms with Crippen LogP contribution in [-0.2, 0) is 65.4 Å². The number of carbonyl (C=O) groups excluding carboxylic acids is 4. The first-order valence-corrected chi connectivity index (χ1v) is 49.1. The van der Waals surface area contributed by atoms with Crippen molar-refractivity contribution in [3.05, 3.63) is 0 Å². The molecule has 19 heteroatoms. The van der Waals surface area contributed by atoms with Gasteiger partial charge in [0, 0.05) is 25.7 Å². The average Bonchev–Trinajstić information content (AvgIpc) is 0.907. The molecular weight excluding hydrogens is 1400 g/mol. The van der Waals surface area contributed by atoms with Crippen LogP contribution in [0.3, 0.4) is 0 Å². The number of phosphoric acid groups is 2. The Balaban J connectivity index is 5.26. The Morgan fingerprint density at radius 2 is 0.426 bits per heavy atom. The van der Waals surface area contributed by atoms with Crippen molar-refractivity contribution in [3.63, 3.8) is 0 Å². The lowest BCUT2D eigenvalue weighted by Crippen LogP contribution is -2.30. The third-order valence-corrected chi connectivity index (χ3v) is 22.9. The summed E-state index contributed by atoms with van der Waals surface area (Å²) >= 11 is 0. The standard InChI is InChI=1S/C89H174O17P2/c1-6-9-12-15-18-21-24-27-29-31-32-34-38-43-48-53-58-63-68-73-87(92)100-79-85(106-89(94)75-70-65-60-55-50-45-40-36-35-37-42-46-51-56-61-66-71-82(4)5)81-104-108(97,98)102-77-83(90)76-101-107(95,96)103-80-84(78-99-86(91)72-67-62-57-52-47-41-26-23-20-17-14-11-8-3)105-88(93)74-69-64-59-54-49-44-39-33-30-28-25-22-19-16-13-10-7-2/h82-85,90H,6-81H2,1-5H3,(H,95,96)(H,97,98)/t83-,84+,85+/m0/s1. The van der Waals surface area contributed by atoms with Crippen LogP contribution >= 0.6 is 15.6 Å². The molecule has 0 heterocycles. The fourth-order valence-electron chi connectivity index (χ4n) is 14.0. The second-order valence-corrected chi connectivity index (χ2v) is 35.4. The van der Waals surface area contributed by atoms with E-state index in [1.54, 1.807) is 0 Å². The van der Waals surface area contributed by atoms with Crippen molar-refractivity contribution in [2.24, 2.45) is 5.92 Å². The van der Waals surface area contributed by atoms with Crippen molar-refractivity contribution in [1.29, 1.82) is 0 Å². The van der Waals surface area contributed by atoms with Crippen LogP contribution in [0.2, 0.25) is 0 Å². The minimum atomic E-state index is -4.97. The van der Waals surface area contributed by atoms with Crippen LogP contribution in [0.1, 0.15) is 484 Å². The maximum absolute atomic E-state index is 13.2. The zero-order chi connectivity index (χ0) is 79.0. The summed E-state index contributed by atoms with van der Waals surface area (Å²) in [6, 6.07) is 0. The van der Waals surface area contributed by atoms with E-state index in [9.17, 15) is 43.2 Å². The summed E-state index contributed by atoms with van der Waals surface area (Å²) in [4.78, 5) is 73.4. The SMILES string of the molecule is CCCCCCCCCCCCCCCCCCCCCC(=O)OC[C@H](COP(=O)(O)OC[C@@H](O)COP(=O)(O)OC[C@@H](COC(=O)CCCCCCCCCCCCCCC)OC(=O)CCCCCCCCCCCCCCCCCCC)OC(=O)CCCCCCCCCCCCCCCCCCC(C)C. The molecule has 108 heavy (non-hydrogen) atoms. The van der Waals surface area contributed by atoms with Crippen molar-refractivity contribution in [2.75, 3.05) is 39.6 Å². The van der Waals surface area contributed by atoms with Crippen LogP contribution in [0.5, 0.6) is 0 Å². The molecule has 5 atom stereocenters. The van der Waals surface area contributed by atoms with E-state index in [0.717, 1.165) is 95.8 Å². The summed E-state index contributed by atoms with van der Waals surface area (Å²) in [7, 11) is -9.93. The normalized spacial score (nSPS) is 13.7. The van der Waals surface area contributed by atoms with E-state index in [1.807, 2.05) is 0 Å². The zero-order valence-electron chi connectivity index (χ0n) is 71.0. The van der Waals surface area contributed by atoms with Crippen LogP contribution in [0.25, 0.3) is 0 Å². The predicted octanol–water partition coefficient (Wildman–Crippen LogP) is 27.5. The molecule has 0 saturated heterocycles. The second kappa shape index (κ2) is 81.6. The molecule has 0 fully saturated rings. The summed E-state index contributed by atoms with van der Waals surface area (Å²) < 4.78 is 69.0. The fraction of sp³-hybridized carbons (Fsp3) is 0.955. The van der Waals surface area contributed by atoms with Crippen molar-refractivity contribution >= 4 is 39.5 Å². The van der Waals surface area contributed by atoms with Gasteiger partial charge in [-0.05, 0) is 31.6 Å². The lowest BCUT2D eigenvalue weighted by atomic mass is 10.0. The summed E-state index contributed by atoms with van der Waals surface area (Å²) in [6.07, 6.45) is 76.3. The van der Waals surface area contributed by atoms with E-state index in [-0.39, 0.29) is 25.7 Å². The number of hydrogen-bond donors (Lipinski definition) is 3. The maximum atomic E-state index is 13.2. The molecule has 0 aliphatic carbocycles. The molecular formula is C89H174O17P2. The highest BCUT2D eigenvalue weighted by atomic mass is 31.2. The lowest BCUT2D eigenvalue weighted by Gasteiger charge is -2.21. The number of aliphatic hydroxyl groups excluding tert-OH is 1. The van der Waals surface area contributed by atoms with E-state index in [2.05, 4.69) is 34.6 Å². The van der Waals surface area contributed by atoms with Crippen LogP contribution in [0, 0.1) is 5.92 Å². The first-order chi connectivity index (χ1) is 52.5. The summed E-state index contributed by atoms with van der Waals surface area (Å²) in [5.74, 6) is -1.28. The predicted molar refractivity (Wildman–Crippen MR) is 446 cm³/mol. The minimum Gasteiger partial charge on any atom is -0.462 e. The Bertz CT molecular complexity index is 2050. The molecule has 642 valence electrons. The molecule has 0 rings (SSSR count). The van der Waals surface area contributed by atoms with Crippen molar-refractivity contribution in [1.82, 2.24) is 0 Å². The highest BCUT2D eigenvalue weighted by molar-refractivity contribution is 7.47. The van der Waals surface area contributed by atoms with E-state index in [1.165, 1.54) is 308 Å². The number of aliphatic hydroxyl groups is 1. The van der Waals surface area contributed by atoms with Gasteiger partial charge in [0.05, 0.1) is 26.4 Å². The number of unbranched alkanes of at least 4 members (excludes halogenated alkanes) is 61. The Kier molecular flexibility index (Phi) is 80.2. The molecule has 0 saturated carbocycles. The molecule has 0 spiro atoms. The van der Waals surface area contributed by atoms with Gasteiger partial charge < -0.3 is 33.8 Å². The monoisotopic (exact) mass is 1580 g/mol. The first kappa shape index (κ1) is 106. The van der Waals surface area contributed by atoms with Gasteiger partial charge >= 0.3 is 39.5 Å². The molecule has 0 aromatic heterocycles. The van der Waals surface area contributed by atoms with Gasteiger partial charge in [-0.25, -0.2) is 9.13 Å². The van der Waals surface area contributed by atoms with Gasteiger partial charge in [-0.15, -0.1) is 0 Å². The van der Waals surface area contributed by atoms with Crippen LogP contribution in [0.4, 0.5) is 0 Å². The Labute approximate surface area is 664 Å². The molecule has 0 aliphatic heterocycles. The third-order valence-electron chi connectivity index (χ3n) is 21.0. The van der Waals surface area contributed by atoms with Crippen molar-refractivity contribution in [3.8, 4) is 0 Å². The molecule has 2 unspecified atom stereocenters. The van der Waals surface area contributed by atoms with Crippen molar-refractivity contribution in [2.45, 2.75) is 502 Å². The topological polar surface area (TPSA) is 237 Å². The third kappa shape index (κ3) is 82.1. The zero-order valence-corrected chi connectivity index (χ0v) is 72.8. The van der Waals surface area contributed by atoms with Gasteiger partial charge in [-0.2, -0.15) is 0 Å². The van der Waals surface area contributed by atoms with Gasteiger partial charge in [0.1, 0.15) is 19.3 Å². The smallest absolute Gasteiger partial charge is 0.462 e. The summed E-state index contributed by atoms with van der Waals surface area (Å²) in [5, 5.41) is 10.7. The molecule has 0 amide bonds. The maximum Gasteiger partial charge on any atom is 0.472 e. The Morgan fingerprint density at radius 1 is 0.250 bits per heavy atom. The molecule has 0 bridgehead atoms. The Hall–Kier alpha value is -1.94. The number of rotatable bonds is 89. The first-order valence-electron chi connectivity index (χ1n) is 46.1. The van der Waals surface area contributed by atoms with Gasteiger partial charge in [0.15, 0.2) is 12.2 Å². The highest BCUT2D eigenvalue weighted by Gasteiger charge is 2.30. The quantitative estimate of drug-likeness (QED) is 0.0222. The van der Waals surface area contributed by atoms with E-state index in [4.69, 9.17) is 37.0 Å². The highest BCUT2D eigenvalue weighted by Crippen LogP contribution is 2.45. The van der Waals surface area contributed by atoms with E-state index < -0.39 is 97.5 Å². The lowest BCUT2D eigenvalue weighted by molar-refractivity contribution is -0.161. The van der Waals surface area contributed by atoms with Gasteiger partial charge in [-0.3, -0.25) is 37.3 Å². The van der Waals surface area contributed by atoms with Crippen molar-refractivity contribution < 1.29 is 80.2 Å². The molecule has 0 radical (unpaired) electrons. The number of esters is 4. The second-order valence-electron chi connectivity index (χ2n) is 32.5. The molecule has 0 aromatic carbocycles. The van der Waals surface area contributed by atoms with Crippen LogP contribution in [0.15, 0.2) is 0 Å². The summed E-state index contributed by atoms with van der Waals surface area (Å²) in [5.41, 5.74) is 0. The Morgan fingerprint density at radius 3 is 0.630 bits per heavy atom. The van der Waals surface area contributed by atoms with Gasteiger partial charge in [0.25, 0.3) is 0 Å². The van der Waals surface area contributed by atoms with Crippen LogP contribution < -0.4 is 0 Å². The number of phosphoric ester groups is 2. The molecule has 0 aromatic rings. The number of carbonyl (C=O) groups is 4. The number of hydrogen-bond acceptors (Lipinski definition) is 15. The molecule has 0 aliphatic rings. The number of ether oxygens (including phenoxy) is 4. The molecule has 3 N–H and O–H groups in total.